The number of aromatic nitrogens is 3. The van der Waals surface area contributed by atoms with Crippen molar-refractivity contribution in [3.8, 4) is 0 Å². The highest BCUT2D eigenvalue weighted by molar-refractivity contribution is 7.98. The van der Waals surface area contributed by atoms with Gasteiger partial charge in [0.05, 0.1) is 11.9 Å². The second kappa shape index (κ2) is 6.21. The highest BCUT2D eigenvalue weighted by atomic mass is 32.2. The molecule has 0 amide bonds. The van der Waals surface area contributed by atoms with Gasteiger partial charge in [-0.05, 0) is 38.5 Å². The van der Waals surface area contributed by atoms with E-state index in [1.165, 1.54) is 4.90 Å². The van der Waals surface area contributed by atoms with Gasteiger partial charge in [0.1, 0.15) is 12.2 Å². The van der Waals surface area contributed by atoms with Crippen LogP contribution in [0, 0.1) is 0 Å². The van der Waals surface area contributed by atoms with Gasteiger partial charge in [0.15, 0.2) is 0 Å². The zero-order chi connectivity index (χ0) is 13.8. The predicted octanol–water partition coefficient (Wildman–Crippen LogP) is 3.20. The van der Waals surface area contributed by atoms with Crippen LogP contribution in [0.15, 0.2) is 35.5 Å². The SMILES string of the molecule is CC(O)c1ccc(SCc2ncnn2C(C)C)cc1. The Hall–Kier alpha value is -1.33. The number of hydrogen-bond donors (Lipinski definition) is 1. The van der Waals surface area contributed by atoms with E-state index < -0.39 is 6.10 Å². The Bertz CT molecular complexity index is 520. The van der Waals surface area contributed by atoms with E-state index in [1.54, 1.807) is 25.0 Å². The van der Waals surface area contributed by atoms with Gasteiger partial charge in [-0.25, -0.2) is 9.67 Å². The third-order valence-corrected chi connectivity index (χ3v) is 3.87. The Morgan fingerprint density at radius 2 is 1.89 bits per heavy atom. The van der Waals surface area contributed by atoms with E-state index in [1.807, 2.05) is 28.9 Å². The van der Waals surface area contributed by atoms with Crippen molar-refractivity contribution in [2.75, 3.05) is 0 Å². The summed E-state index contributed by atoms with van der Waals surface area (Å²) in [6.45, 7) is 5.97. The van der Waals surface area contributed by atoms with Gasteiger partial charge in [0.25, 0.3) is 0 Å². The first-order valence-electron chi connectivity index (χ1n) is 6.37. The molecule has 0 radical (unpaired) electrons. The van der Waals surface area contributed by atoms with E-state index >= 15 is 0 Å². The Morgan fingerprint density at radius 3 is 2.47 bits per heavy atom. The van der Waals surface area contributed by atoms with E-state index in [0.717, 1.165) is 17.1 Å². The number of rotatable bonds is 5. The van der Waals surface area contributed by atoms with E-state index in [9.17, 15) is 5.11 Å². The summed E-state index contributed by atoms with van der Waals surface area (Å²) in [7, 11) is 0. The lowest BCUT2D eigenvalue weighted by Crippen LogP contribution is -2.07. The number of hydrogen-bond acceptors (Lipinski definition) is 4. The zero-order valence-electron chi connectivity index (χ0n) is 11.4. The van der Waals surface area contributed by atoms with Crippen LogP contribution in [0.3, 0.4) is 0 Å². The first-order chi connectivity index (χ1) is 9.08. The fourth-order valence-corrected chi connectivity index (χ4v) is 2.63. The van der Waals surface area contributed by atoms with Crippen LogP contribution in [0.2, 0.25) is 0 Å². The molecule has 1 heterocycles. The van der Waals surface area contributed by atoms with Crippen LogP contribution in [0.25, 0.3) is 0 Å². The van der Waals surface area contributed by atoms with E-state index in [4.69, 9.17) is 0 Å². The number of aliphatic hydroxyl groups excluding tert-OH is 1. The third-order valence-electron chi connectivity index (χ3n) is 2.87. The Balaban J connectivity index is 2.00. The minimum atomic E-state index is -0.414. The monoisotopic (exact) mass is 277 g/mol. The second-order valence-electron chi connectivity index (χ2n) is 4.75. The molecule has 0 fully saturated rings. The van der Waals surface area contributed by atoms with Crippen molar-refractivity contribution in [3.63, 3.8) is 0 Å². The molecular formula is C14H19N3OS. The summed E-state index contributed by atoms with van der Waals surface area (Å²) in [4.78, 5) is 5.46. The van der Waals surface area contributed by atoms with Crippen molar-refractivity contribution in [2.24, 2.45) is 0 Å². The molecule has 0 aliphatic heterocycles. The highest BCUT2D eigenvalue weighted by Gasteiger charge is 2.08. The molecule has 2 rings (SSSR count). The van der Waals surface area contributed by atoms with Crippen molar-refractivity contribution in [1.82, 2.24) is 14.8 Å². The molecule has 19 heavy (non-hydrogen) atoms. The van der Waals surface area contributed by atoms with Crippen LogP contribution in [0.1, 0.15) is 44.3 Å². The van der Waals surface area contributed by atoms with Crippen molar-refractivity contribution >= 4 is 11.8 Å². The van der Waals surface area contributed by atoms with Crippen LogP contribution in [-0.4, -0.2) is 19.9 Å². The van der Waals surface area contributed by atoms with E-state index in [0.29, 0.717) is 6.04 Å². The topological polar surface area (TPSA) is 50.9 Å². The molecule has 0 aliphatic rings. The molecule has 4 nitrogen and oxygen atoms in total. The first-order valence-corrected chi connectivity index (χ1v) is 7.35. The zero-order valence-corrected chi connectivity index (χ0v) is 12.3. The van der Waals surface area contributed by atoms with Gasteiger partial charge >= 0.3 is 0 Å². The predicted molar refractivity (Wildman–Crippen MR) is 77.0 cm³/mol. The molecule has 1 N–H and O–H groups in total. The van der Waals surface area contributed by atoms with Crippen molar-refractivity contribution in [1.29, 1.82) is 0 Å². The Morgan fingerprint density at radius 1 is 1.21 bits per heavy atom. The van der Waals surface area contributed by atoms with Crippen molar-refractivity contribution < 1.29 is 5.11 Å². The third kappa shape index (κ3) is 3.58. The van der Waals surface area contributed by atoms with Gasteiger partial charge in [-0.2, -0.15) is 5.10 Å². The normalized spacial score (nSPS) is 12.9. The molecular weight excluding hydrogens is 258 g/mol. The second-order valence-corrected chi connectivity index (χ2v) is 5.80. The van der Waals surface area contributed by atoms with Gasteiger partial charge in [-0.3, -0.25) is 0 Å². The number of nitrogens with zero attached hydrogens (tertiary/aromatic N) is 3. The summed E-state index contributed by atoms with van der Waals surface area (Å²) in [6.07, 6.45) is 1.19. The molecule has 0 saturated heterocycles. The lowest BCUT2D eigenvalue weighted by Gasteiger charge is -2.09. The largest absolute Gasteiger partial charge is 0.389 e. The lowest BCUT2D eigenvalue weighted by molar-refractivity contribution is 0.199. The fourth-order valence-electron chi connectivity index (χ4n) is 1.80. The van der Waals surface area contributed by atoms with Crippen LogP contribution in [0.5, 0.6) is 0 Å². The minimum Gasteiger partial charge on any atom is -0.389 e. The summed E-state index contributed by atoms with van der Waals surface area (Å²) >= 11 is 1.73. The maximum atomic E-state index is 9.46. The number of thioether (sulfide) groups is 1. The standard InChI is InChI=1S/C14H19N3OS/c1-10(2)17-14(15-9-16-17)8-19-13-6-4-12(5-7-13)11(3)18/h4-7,9-11,18H,8H2,1-3H3. The van der Waals surface area contributed by atoms with Crippen molar-refractivity contribution in [2.45, 2.75) is 43.6 Å². The molecule has 0 bridgehead atoms. The number of benzene rings is 1. The summed E-state index contributed by atoms with van der Waals surface area (Å²) in [5.41, 5.74) is 0.940. The Kier molecular flexibility index (Phi) is 4.61. The molecule has 1 aromatic heterocycles. The quantitative estimate of drug-likeness (QED) is 0.853. The molecule has 0 saturated carbocycles. The lowest BCUT2D eigenvalue weighted by atomic mass is 10.1. The smallest absolute Gasteiger partial charge is 0.138 e. The average Bonchev–Trinajstić information content (AvgIpc) is 2.85. The molecule has 0 aliphatic carbocycles. The summed E-state index contributed by atoms with van der Waals surface area (Å²) < 4.78 is 1.94. The summed E-state index contributed by atoms with van der Waals surface area (Å²) in [5.74, 6) is 1.78. The van der Waals surface area contributed by atoms with Gasteiger partial charge in [-0.15, -0.1) is 11.8 Å². The minimum absolute atomic E-state index is 0.329. The maximum Gasteiger partial charge on any atom is 0.138 e. The molecule has 0 spiro atoms. The van der Waals surface area contributed by atoms with E-state index in [-0.39, 0.29) is 0 Å². The van der Waals surface area contributed by atoms with Crippen LogP contribution in [0.4, 0.5) is 0 Å². The Labute approximate surface area is 117 Å². The average molecular weight is 277 g/mol. The first kappa shape index (κ1) is 14.1. The molecule has 102 valence electrons. The van der Waals surface area contributed by atoms with Gasteiger partial charge < -0.3 is 5.11 Å². The van der Waals surface area contributed by atoms with E-state index in [2.05, 4.69) is 23.9 Å². The number of aliphatic hydroxyl groups is 1. The molecule has 5 heteroatoms. The molecule has 1 atom stereocenters. The summed E-state index contributed by atoms with van der Waals surface area (Å²) in [6, 6.07) is 8.31. The van der Waals surface area contributed by atoms with Crippen molar-refractivity contribution in [3.05, 3.63) is 42.0 Å². The van der Waals surface area contributed by atoms with Gasteiger partial charge in [0, 0.05) is 10.9 Å². The summed E-state index contributed by atoms with van der Waals surface area (Å²) in [5, 5.41) is 13.7. The van der Waals surface area contributed by atoms with Crippen LogP contribution >= 0.6 is 11.8 Å². The molecule has 2 aromatic rings. The van der Waals surface area contributed by atoms with Crippen LogP contribution < -0.4 is 0 Å². The molecule has 1 aromatic carbocycles. The molecule has 1 unspecified atom stereocenters. The highest BCUT2D eigenvalue weighted by Crippen LogP contribution is 2.24. The van der Waals surface area contributed by atoms with Gasteiger partial charge in [-0.1, -0.05) is 12.1 Å². The van der Waals surface area contributed by atoms with Crippen LogP contribution in [-0.2, 0) is 5.75 Å². The maximum absolute atomic E-state index is 9.46. The fraction of sp³-hybridized carbons (Fsp3) is 0.429. The van der Waals surface area contributed by atoms with Gasteiger partial charge in [0.2, 0.25) is 0 Å².